The van der Waals surface area contributed by atoms with Gasteiger partial charge in [0.05, 0.1) is 40.3 Å². The highest BCUT2D eigenvalue weighted by molar-refractivity contribution is 5.97. The van der Waals surface area contributed by atoms with Crippen LogP contribution in [0, 0.1) is 0 Å². The summed E-state index contributed by atoms with van der Waals surface area (Å²) in [5, 5.41) is 8.65. The van der Waals surface area contributed by atoms with Crippen molar-refractivity contribution in [1.29, 1.82) is 0 Å². The standard InChI is InChI=1S/C13H16N4O.C8H6N2O2/c1-16-4-6-17(7-5-16)13(18)10-2-3-11-12(8-10)15-9-14-11;11-8(12)5-1-2-6-7(3-5)10-4-9-6/h2-3,8-9H,4-7H2,1H3,(H,14,15);1-4H,(H,9,10)(H,11,12). The van der Waals surface area contributed by atoms with E-state index in [0.29, 0.717) is 0 Å². The number of piperazine rings is 1. The van der Waals surface area contributed by atoms with Crippen LogP contribution in [0.1, 0.15) is 20.7 Å². The molecule has 4 aromatic rings. The van der Waals surface area contributed by atoms with Crippen molar-refractivity contribution in [3.8, 4) is 0 Å². The summed E-state index contributed by atoms with van der Waals surface area (Å²) in [6, 6.07) is 10.4. The number of carbonyl (C=O) groups is 2. The molecule has 0 radical (unpaired) electrons. The van der Waals surface area contributed by atoms with Crippen molar-refractivity contribution in [2.24, 2.45) is 0 Å². The van der Waals surface area contributed by atoms with Gasteiger partial charge in [-0.25, -0.2) is 14.8 Å². The number of benzene rings is 2. The topological polar surface area (TPSA) is 118 Å². The van der Waals surface area contributed by atoms with Crippen molar-refractivity contribution in [2.75, 3.05) is 33.2 Å². The number of carbonyl (C=O) groups excluding carboxylic acids is 1. The Labute approximate surface area is 172 Å². The lowest BCUT2D eigenvalue weighted by atomic mass is 10.1. The lowest BCUT2D eigenvalue weighted by Gasteiger charge is -2.32. The van der Waals surface area contributed by atoms with E-state index in [1.54, 1.807) is 18.5 Å². The van der Waals surface area contributed by atoms with Gasteiger partial charge in [-0.15, -0.1) is 0 Å². The molecule has 9 heteroatoms. The summed E-state index contributed by atoms with van der Waals surface area (Å²) in [5.41, 5.74) is 4.33. The molecule has 1 fully saturated rings. The predicted molar refractivity (Wildman–Crippen MR) is 113 cm³/mol. The number of aromatic amines is 2. The second-order valence-electron chi connectivity index (χ2n) is 7.17. The number of H-pyrrole nitrogens is 2. The third-order valence-corrected chi connectivity index (χ3v) is 5.12. The van der Waals surface area contributed by atoms with Crippen molar-refractivity contribution >= 4 is 33.9 Å². The van der Waals surface area contributed by atoms with E-state index in [9.17, 15) is 9.59 Å². The van der Waals surface area contributed by atoms with Crippen LogP contribution in [0.25, 0.3) is 22.1 Å². The lowest BCUT2D eigenvalue weighted by Crippen LogP contribution is -2.47. The van der Waals surface area contributed by atoms with Gasteiger partial charge in [-0.1, -0.05) is 0 Å². The molecule has 2 aromatic carbocycles. The highest BCUT2D eigenvalue weighted by Crippen LogP contribution is 2.14. The van der Waals surface area contributed by atoms with Crippen LogP contribution < -0.4 is 0 Å². The van der Waals surface area contributed by atoms with Gasteiger partial charge >= 0.3 is 5.97 Å². The lowest BCUT2D eigenvalue weighted by molar-refractivity contribution is 0.0662. The molecule has 0 aliphatic carbocycles. The summed E-state index contributed by atoms with van der Waals surface area (Å²) < 4.78 is 0. The van der Waals surface area contributed by atoms with Crippen molar-refractivity contribution in [3.05, 3.63) is 60.2 Å². The Kier molecular flexibility index (Phi) is 5.44. The predicted octanol–water partition coefficient (Wildman–Crippen LogP) is 2.21. The largest absolute Gasteiger partial charge is 0.478 e. The second-order valence-corrected chi connectivity index (χ2v) is 7.17. The van der Waals surface area contributed by atoms with Crippen molar-refractivity contribution in [2.45, 2.75) is 0 Å². The minimum Gasteiger partial charge on any atom is -0.478 e. The number of hydrogen-bond donors (Lipinski definition) is 3. The number of likely N-dealkylation sites (N-methyl/N-ethyl adjacent to an activating group) is 1. The van der Waals surface area contributed by atoms with Crippen LogP contribution in [-0.2, 0) is 0 Å². The first kappa shape index (κ1) is 19.6. The van der Waals surface area contributed by atoms with Gasteiger partial charge in [0, 0.05) is 31.7 Å². The maximum Gasteiger partial charge on any atom is 0.335 e. The van der Waals surface area contributed by atoms with Gasteiger partial charge in [0.1, 0.15) is 0 Å². The summed E-state index contributed by atoms with van der Waals surface area (Å²) >= 11 is 0. The first-order valence-corrected chi connectivity index (χ1v) is 9.58. The Balaban J connectivity index is 0.000000158. The number of rotatable bonds is 2. The normalized spacial score (nSPS) is 14.5. The second kappa shape index (κ2) is 8.34. The molecule has 2 aromatic heterocycles. The molecule has 1 aliphatic rings. The zero-order chi connectivity index (χ0) is 21.1. The first-order valence-electron chi connectivity index (χ1n) is 9.58. The van der Waals surface area contributed by atoms with Gasteiger partial charge in [-0.3, -0.25) is 4.79 Å². The maximum absolute atomic E-state index is 12.3. The SMILES string of the molecule is CN1CCN(C(=O)c2ccc3nc[nH]c3c2)CC1.O=C(O)c1ccc2nc[nH]c2c1. The van der Waals surface area contributed by atoms with Crippen LogP contribution in [0.4, 0.5) is 0 Å². The van der Waals surface area contributed by atoms with Crippen molar-refractivity contribution in [3.63, 3.8) is 0 Å². The Bertz CT molecular complexity index is 1190. The summed E-state index contributed by atoms with van der Waals surface area (Å²) in [6.45, 7) is 3.49. The average molecular weight is 406 g/mol. The van der Waals surface area contributed by atoms with Crippen LogP contribution in [0.2, 0.25) is 0 Å². The van der Waals surface area contributed by atoms with Gasteiger partial charge in [-0.05, 0) is 43.4 Å². The smallest absolute Gasteiger partial charge is 0.335 e. The summed E-state index contributed by atoms with van der Waals surface area (Å²) in [5.74, 6) is -0.814. The molecule has 0 atom stereocenters. The minimum absolute atomic E-state index is 0.111. The third-order valence-electron chi connectivity index (χ3n) is 5.12. The Morgan fingerprint density at radius 1 is 0.867 bits per heavy atom. The van der Waals surface area contributed by atoms with Gasteiger partial charge in [0.25, 0.3) is 5.91 Å². The Hall–Kier alpha value is -3.72. The first-order chi connectivity index (χ1) is 14.5. The molecule has 3 heterocycles. The van der Waals surface area contributed by atoms with Gasteiger partial charge in [-0.2, -0.15) is 0 Å². The molecule has 1 saturated heterocycles. The fraction of sp³-hybridized carbons (Fsp3) is 0.238. The van der Waals surface area contributed by atoms with Crippen molar-refractivity contribution in [1.82, 2.24) is 29.7 Å². The molecule has 5 rings (SSSR count). The highest BCUT2D eigenvalue weighted by atomic mass is 16.4. The van der Waals surface area contributed by atoms with E-state index in [-0.39, 0.29) is 11.5 Å². The molecule has 1 aliphatic heterocycles. The number of aromatic nitrogens is 4. The molecule has 30 heavy (non-hydrogen) atoms. The molecule has 9 nitrogen and oxygen atoms in total. The van der Waals surface area contributed by atoms with Gasteiger partial charge in [0.15, 0.2) is 0 Å². The highest BCUT2D eigenvalue weighted by Gasteiger charge is 2.20. The van der Waals surface area contributed by atoms with Crippen LogP contribution in [0.5, 0.6) is 0 Å². The van der Waals surface area contributed by atoms with Gasteiger partial charge < -0.3 is 24.9 Å². The number of fused-ring (bicyclic) bond motifs is 2. The van der Waals surface area contributed by atoms with Crippen LogP contribution in [0.15, 0.2) is 49.1 Å². The molecule has 0 unspecified atom stereocenters. The zero-order valence-corrected chi connectivity index (χ0v) is 16.5. The number of nitrogens with zero attached hydrogens (tertiary/aromatic N) is 4. The number of carboxylic acid groups (broad SMARTS) is 1. The zero-order valence-electron chi connectivity index (χ0n) is 16.5. The number of imidazole rings is 2. The molecule has 0 bridgehead atoms. The number of amides is 1. The van der Waals surface area contributed by atoms with E-state index in [1.165, 1.54) is 12.4 Å². The number of aromatic carboxylic acids is 1. The fourth-order valence-electron chi connectivity index (χ4n) is 3.33. The minimum atomic E-state index is -0.925. The number of nitrogens with one attached hydrogen (secondary N) is 2. The van der Waals surface area contributed by atoms with Crippen molar-refractivity contribution < 1.29 is 14.7 Å². The van der Waals surface area contributed by atoms with E-state index in [1.807, 2.05) is 23.1 Å². The molecule has 1 amide bonds. The van der Waals surface area contributed by atoms with Gasteiger partial charge in [0.2, 0.25) is 0 Å². The summed E-state index contributed by atoms with van der Waals surface area (Å²) in [4.78, 5) is 41.0. The molecule has 0 saturated carbocycles. The van der Waals surface area contributed by atoms with E-state index in [2.05, 4.69) is 31.9 Å². The maximum atomic E-state index is 12.3. The Morgan fingerprint density at radius 3 is 1.97 bits per heavy atom. The van der Waals surface area contributed by atoms with Crippen LogP contribution in [-0.4, -0.2) is 79.9 Å². The quantitative estimate of drug-likeness (QED) is 0.470. The molecule has 154 valence electrons. The monoisotopic (exact) mass is 406 g/mol. The van der Waals surface area contributed by atoms with E-state index in [4.69, 9.17) is 5.11 Å². The molecule has 3 N–H and O–H groups in total. The summed E-state index contributed by atoms with van der Waals surface area (Å²) in [6.07, 6.45) is 3.19. The summed E-state index contributed by atoms with van der Waals surface area (Å²) in [7, 11) is 2.08. The van der Waals surface area contributed by atoms with E-state index in [0.717, 1.165) is 53.8 Å². The Morgan fingerprint density at radius 2 is 1.40 bits per heavy atom. The number of carboxylic acids is 1. The molecular weight excluding hydrogens is 384 g/mol. The average Bonchev–Trinajstić information content (AvgIpc) is 3.42. The third kappa shape index (κ3) is 4.15. The number of hydrogen-bond acceptors (Lipinski definition) is 5. The van der Waals surface area contributed by atoms with Crippen LogP contribution in [0.3, 0.4) is 0 Å². The van der Waals surface area contributed by atoms with Crippen LogP contribution >= 0.6 is 0 Å². The van der Waals surface area contributed by atoms with E-state index < -0.39 is 5.97 Å². The molecule has 0 spiro atoms. The fourth-order valence-corrected chi connectivity index (χ4v) is 3.33. The molecular formula is C21H22N6O3. The van der Waals surface area contributed by atoms with E-state index >= 15 is 0 Å².